The molecule has 1 unspecified atom stereocenters. The van der Waals surface area contributed by atoms with Gasteiger partial charge in [-0.1, -0.05) is 63.9 Å². The number of aromatic nitrogens is 2. The molecule has 3 aliphatic heterocycles. The second-order valence-electron chi connectivity index (χ2n) is 21.0. The van der Waals surface area contributed by atoms with Gasteiger partial charge in [0.15, 0.2) is 0 Å². The number of carbonyl (C=O) groups is 4. The molecule has 5 heterocycles. The molecular weight excluding hydrogens is 916 g/mol. The van der Waals surface area contributed by atoms with Crippen LogP contribution in [0.5, 0.6) is 0 Å². The summed E-state index contributed by atoms with van der Waals surface area (Å²) in [6.07, 6.45) is -2.63. The summed E-state index contributed by atoms with van der Waals surface area (Å²) in [7, 11) is 5.32. The van der Waals surface area contributed by atoms with Crippen molar-refractivity contribution in [2.24, 2.45) is 17.3 Å². The SMILES string of the molecule is CO[C@@H](C)c1ncccc1-c1c2c3cc(ccc3n1CC(F)(F)F)-c1cccc(c1)C[C@H](NC(=O)C(COC1CN(C(=O)C#CC(C)(C)N(C)C)C1)C(C)C)C(=O)N1CCC[C@H](N1)C(=O)OCC(C)(C)C2. The number of cyclic esters (lactones) is 1. The Kier molecular flexibility index (Phi) is 16.1. The highest BCUT2D eigenvalue weighted by molar-refractivity contribution is 5.96. The Morgan fingerprint density at radius 2 is 1.77 bits per heavy atom. The molecule has 3 amide bonds. The second-order valence-corrected chi connectivity index (χ2v) is 21.0. The van der Waals surface area contributed by atoms with Crippen molar-refractivity contribution in [1.29, 1.82) is 0 Å². The molecule has 14 nitrogen and oxygen atoms in total. The lowest BCUT2D eigenvalue weighted by molar-refractivity contribution is -0.155. The molecule has 0 aliphatic carbocycles. The van der Waals surface area contributed by atoms with Crippen molar-refractivity contribution in [1.82, 2.24) is 35.1 Å². The highest BCUT2D eigenvalue weighted by Crippen LogP contribution is 2.43. The van der Waals surface area contributed by atoms with Crippen LogP contribution in [0.15, 0.2) is 60.8 Å². The molecule has 3 aliphatic rings. The number of rotatable bonds is 11. The Morgan fingerprint density at radius 1 is 1.04 bits per heavy atom. The van der Waals surface area contributed by atoms with Crippen LogP contribution in [0.2, 0.25) is 0 Å². The number of halogens is 3. The van der Waals surface area contributed by atoms with Crippen molar-refractivity contribution in [3.05, 3.63) is 77.6 Å². The minimum absolute atomic E-state index is 0.0581. The minimum Gasteiger partial charge on any atom is -0.464 e. The van der Waals surface area contributed by atoms with Crippen LogP contribution in [0.4, 0.5) is 13.2 Å². The van der Waals surface area contributed by atoms with Crippen LogP contribution in [0.1, 0.15) is 84.2 Å². The van der Waals surface area contributed by atoms with Crippen molar-refractivity contribution in [3.63, 3.8) is 0 Å². The first-order valence-electron chi connectivity index (χ1n) is 24.4. The number of amides is 3. The molecule has 7 rings (SSSR count). The van der Waals surface area contributed by atoms with Gasteiger partial charge in [-0.25, -0.2) is 5.43 Å². The van der Waals surface area contributed by atoms with Gasteiger partial charge < -0.3 is 29.0 Å². The maximum Gasteiger partial charge on any atom is 0.406 e. The Labute approximate surface area is 414 Å². The normalized spacial score (nSPS) is 19.9. The fraction of sp³-hybridized carbons (Fsp3) is 0.537. The second kappa shape index (κ2) is 21.5. The van der Waals surface area contributed by atoms with E-state index in [1.165, 1.54) is 16.7 Å². The number of methoxy groups -OCH3 is 1. The number of hydrogen-bond acceptors (Lipinski definition) is 10. The van der Waals surface area contributed by atoms with Crippen molar-refractivity contribution < 1.29 is 46.6 Å². The van der Waals surface area contributed by atoms with Gasteiger partial charge in [-0.2, -0.15) is 13.2 Å². The number of esters is 1. The Morgan fingerprint density at radius 3 is 2.46 bits per heavy atom. The molecule has 2 aromatic heterocycles. The predicted molar refractivity (Wildman–Crippen MR) is 264 cm³/mol. The zero-order valence-electron chi connectivity index (χ0n) is 42.5. The zero-order chi connectivity index (χ0) is 51.6. The molecule has 0 spiro atoms. The number of nitrogens with one attached hydrogen (secondary N) is 2. The third-order valence-electron chi connectivity index (χ3n) is 14.0. The lowest BCUT2D eigenvalue weighted by Gasteiger charge is -2.39. The van der Waals surface area contributed by atoms with Crippen LogP contribution in [0.25, 0.3) is 33.3 Å². The van der Waals surface area contributed by atoms with Crippen LogP contribution < -0.4 is 10.7 Å². The van der Waals surface area contributed by atoms with Gasteiger partial charge in [0.2, 0.25) is 5.91 Å². The molecule has 382 valence electrons. The van der Waals surface area contributed by atoms with Gasteiger partial charge in [0.25, 0.3) is 11.8 Å². The first-order chi connectivity index (χ1) is 33.4. The number of benzene rings is 2. The molecule has 0 saturated carbocycles. The number of ether oxygens (including phenoxy) is 3. The molecule has 2 N–H and O–H groups in total. The number of likely N-dealkylation sites (tertiary alicyclic amines) is 1. The fourth-order valence-electron chi connectivity index (χ4n) is 9.20. The molecule has 2 fully saturated rings. The third-order valence-corrected chi connectivity index (χ3v) is 14.0. The van der Waals surface area contributed by atoms with E-state index >= 15 is 0 Å². The van der Waals surface area contributed by atoms with Gasteiger partial charge in [-0.15, -0.1) is 0 Å². The summed E-state index contributed by atoms with van der Waals surface area (Å²) in [4.78, 5) is 63.8. The van der Waals surface area contributed by atoms with Crippen molar-refractivity contribution in [2.75, 3.05) is 54.1 Å². The molecule has 4 atom stereocenters. The van der Waals surface area contributed by atoms with Crippen LogP contribution in [-0.4, -0.2) is 132 Å². The summed E-state index contributed by atoms with van der Waals surface area (Å²) in [5.74, 6) is 3.26. The predicted octanol–water partition coefficient (Wildman–Crippen LogP) is 7.13. The monoisotopic (exact) mass is 984 g/mol. The number of nitrogens with zero attached hydrogens (tertiary/aromatic N) is 5. The Balaban J connectivity index is 1.23. The molecule has 2 aromatic carbocycles. The summed E-state index contributed by atoms with van der Waals surface area (Å²) >= 11 is 0. The summed E-state index contributed by atoms with van der Waals surface area (Å²) < 4.78 is 63.3. The van der Waals surface area contributed by atoms with E-state index in [4.69, 9.17) is 14.2 Å². The van der Waals surface area contributed by atoms with Crippen molar-refractivity contribution >= 4 is 34.6 Å². The topological polar surface area (TPSA) is 148 Å². The van der Waals surface area contributed by atoms with E-state index in [1.54, 1.807) is 42.3 Å². The third kappa shape index (κ3) is 12.5. The summed E-state index contributed by atoms with van der Waals surface area (Å²) in [5, 5.41) is 5.04. The first kappa shape index (κ1) is 53.0. The number of pyridine rings is 1. The number of fused-ring (bicyclic) bond motifs is 6. The fourth-order valence-corrected chi connectivity index (χ4v) is 9.20. The van der Waals surface area contributed by atoms with Crippen LogP contribution in [0.3, 0.4) is 0 Å². The summed E-state index contributed by atoms with van der Waals surface area (Å²) in [6, 6.07) is 14.5. The molecule has 17 heteroatoms. The average molecular weight is 984 g/mol. The van der Waals surface area contributed by atoms with Gasteiger partial charge >= 0.3 is 12.1 Å². The molecule has 0 radical (unpaired) electrons. The Bertz CT molecular complexity index is 2680. The van der Waals surface area contributed by atoms with E-state index in [2.05, 4.69) is 27.6 Å². The highest BCUT2D eigenvalue weighted by Gasteiger charge is 2.39. The molecule has 71 heavy (non-hydrogen) atoms. The number of hydrazine groups is 1. The average Bonchev–Trinajstić information content (AvgIpc) is 3.58. The zero-order valence-corrected chi connectivity index (χ0v) is 42.5. The molecule has 4 aromatic rings. The van der Waals surface area contributed by atoms with Gasteiger partial charge in [0.1, 0.15) is 18.6 Å². The quantitative estimate of drug-likeness (QED) is 0.118. The molecule has 2 saturated heterocycles. The molecular formula is C54H68F3N7O7. The van der Waals surface area contributed by atoms with E-state index < -0.39 is 59.7 Å². The number of carbonyl (C=O) groups excluding carboxylic acids is 4. The smallest absolute Gasteiger partial charge is 0.406 e. The van der Waals surface area contributed by atoms with Crippen molar-refractivity contribution in [3.8, 4) is 34.2 Å². The minimum atomic E-state index is -4.58. The van der Waals surface area contributed by atoms with Gasteiger partial charge in [-0.3, -0.25) is 34.1 Å². The number of hydrogen-bond donors (Lipinski definition) is 2. The highest BCUT2D eigenvalue weighted by atomic mass is 19.4. The standard InChI is InChI=1S/C54H68F3N7O7/c1-33(2)42(30-70-38-28-62(29-38)46(65)20-21-53(6,7)61(8)9)49(66)59-44-25-35-14-11-15-36(24-35)37-18-19-45-40(26-37)41(27-52(4,5)32-71-51(68)43-17-13-23-64(60-43)50(44)67)48(63(45)31-54(55,56)57)39-16-12-22-58-47(39)34(3)69-10/h11-12,14-16,18-19,22,24,26,33-34,38,42-44,60H,13,17,23,25,27-32H2,1-10H3,(H,59,66)/t34-,42?,43-,44-/m0/s1. The van der Waals surface area contributed by atoms with Crippen molar-refractivity contribution in [2.45, 2.75) is 117 Å². The van der Waals surface area contributed by atoms with Gasteiger partial charge in [0, 0.05) is 61.2 Å². The van der Waals surface area contributed by atoms with E-state index in [0.717, 1.165) is 11.1 Å². The van der Waals surface area contributed by atoms with Crippen LogP contribution in [0, 0.1) is 29.1 Å². The van der Waals surface area contributed by atoms with E-state index in [-0.39, 0.29) is 56.4 Å². The van der Waals surface area contributed by atoms with Crippen LogP contribution >= 0.6 is 0 Å². The number of alkyl halides is 3. The maximum atomic E-state index is 14.7. The molecule has 6 bridgehead atoms. The van der Waals surface area contributed by atoms with E-state index in [1.807, 2.05) is 90.9 Å². The van der Waals surface area contributed by atoms with Gasteiger partial charge in [-0.05, 0) is 112 Å². The summed E-state index contributed by atoms with van der Waals surface area (Å²) in [5.41, 5.74) is 6.37. The van der Waals surface area contributed by atoms with Crippen LogP contribution in [-0.2, 0) is 52.8 Å². The summed E-state index contributed by atoms with van der Waals surface area (Å²) in [6.45, 7) is 13.0. The lowest BCUT2D eigenvalue weighted by atomic mass is 9.84. The van der Waals surface area contributed by atoms with E-state index in [9.17, 15) is 32.3 Å². The first-order valence-corrected chi connectivity index (χ1v) is 24.4. The van der Waals surface area contributed by atoms with E-state index in [0.29, 0.717) is 64.9 Å². The van der Waals surface area contributed by atoms with Gasteiger partial charge in [0.05, 0.1) is 48.3 Å². The maximum absolute atomic E-state index is 14.7. The largest absolute Gasteiger partial charge is 0.464 e. The lowest BCUT2D eigenvalue weighted by Crippen LogP contribution is -2.61. The Hall–Kier alpha value is -5.80.